The fraction of sp³-hybridized carbons (Fsp3) is 0.320. The number of nitrogens with zero attached hydrogens (tertiary/aromatic N) is 2. The monoisotopic (exact) mass is 451 g/mol. The van der Waals surface area contributed by atoms with Crippen LogP contribution in [0.3, 0.4) is 0 Å². The van der Waals surface area contributed by atoms with Crippen LogP contribution in [0, 0.1) is 5.82 Å². The van der Waals surface area contributed by atoms with Gasteiger partial charge in [0.25, 0.3) is 5.91 Å². The third-order valence-electron chi connectivity index (χ3n) is 5.53. The normalized spacial score (nSPS) is 15.4. The summed E-state index contributed by atoms with van der Waals surface area (Å²) in [6.07, 6.45) is 1.89. The van der Waals surface area contributed by atoms with E-state index in [1.54, 1.807) is 23.1 Å². The van der Waals surface area contributed by atoms with Crippen molar-refractivity contribution in [3.63, 3.8) is 0 Å². The predicted molar refractivity (Wildman–Crippen MR) is 120 cm³/mol. The van der Waals surface area contributed by atoms with Gasteiger partial charge in [-0.05, 0) is 30.5 Å². The zero-order valence-corrected chi connectivity index (χ0v) is 18.2. The third-order valence-corrected chi connectivity index (χ3v) is 5.53. The minimum Gasteiger partial charge on any atom is -0.376 e. The van der Waals surface area contributed by atoms with Gasteiger partial charge in [-0.3, -0.25) is 9.59 Å². The number of carbonyl (C=O) groups excluding carboxylic acids is 2. The second-order valence-corrected chi connectivity index (χ2v) is 7.98. The van der Waals surface area contributed by atoms with Crippen molar-refractivity contribution in [1.29, 1.82) is 0 Å². The molecule has 2 aromatic carbocycles. The lowest BCUT2D eigenvalue weighted by Crippen LogP contribution is -2.40. The van der Waals surface area contributed by atoms with Crippen LogP contribution in [0.1, 0.15) is 35.3 Å². The van der Waals surface area contributed by atoms with Crippen molar-refractivity contribution < 1.29 is 23.2 Å². The van der Waals surface area contributed by atoms with E-state index in [9.17, 15) is 14.0 Å². The smallest absolute Gasteiger partial charge is 0.276 e. The summed E-state index contributed by atoms with van der Waals surface area (Å²) < 4.78 is 24.1. The van der Waals surface area contributed by atoms with Crippen molar-refractivity contribution >= 4 is 11.8 Å². The number of carbonyl (C=O) groups is 2. The molecule has 4 rings (SSSR count). The first kappa shape index (κ1) is 22.7. The molecule has 0 aliphatic carbocycles. The van der Waals surface area contributed by atoms with Gasteiger partial charge in [0.05, 0.1) is 6.10 Å². The number of hydrogen-bond acceptors (Lipinski definition) is 5. The van der Waals surface area contributed by atoms with Crippen LogP contribution < -0.4 is 5.32 Å². The van der Waals surface area contributed by atoms with Gasteiger partial charge in [0.15, 0.2) is 11.5 Å². The average molecular weight is 451 g/mol. The molecule has 0 spiro atoms. The molecule has 8 heteroatoms. The topological polar surface area (TPSA) is 84.7 Å². The Balaban J connectivity index is 1.38. The van der Waals surface area contributed by atoms with Crippen molar-refractivity contribution in [3.05, 3.63) is 77.7 Å². The van der Waals surface area contributed by atoms with Gasteiger partial charge in [0.2, 0.25) is 5.91 Å². The summed E-state index contributed by atoms with van der Waals surface area (Å²) in [5.74, 6) is -0.318. The summed E-state index contributed by atoms with van der Waals surface area (Å²) in [4.78, 5) is 27.2. The number of amides is 2. The van der Waals surface area contributed by atoms with Crippen molar-refractivity contribution in [2.75, 3.05) is 19.7 Å². The Morgan fingerprint density at radius 2 is 1.91 bits per heavy atom. The molecule has 172 valence electrons. The molecule has 3 aromatic rings. The van der Waals surface area contributed by atoms with Gasteiger partial charge in [-0.2, -0.15) is 0 Å². The highest BCUT2D eigenvalue weighted by atomic mass is 19.1. The Kier molecular flexibility index (Phi) is 7.47. The molecule has 2 amide bonds. The van der Waals surface area contributed by atoms with E-state index < -0.39 is 0 Å². The summed E-state index contributed by atoms with van der Waals surface area (Å²) in [6, 6.07) is 17.0. The number of rotatable bonds is 9. The lowest BCUT2D eigenvalue weighted by molar-refractivity contribution is -0.121. The third kappa shape index (κ3) is 6.26. The van der Waals surface area contributed by atoms with Crippen LogP contribution in [0.2, 0.25) is 0 Å². The van der Waals surface area contributed by atoms with Gasteiger partial charge >= 0.3 is 0 Å². The molecule has 0 saturated carbocycles. The molecule has 0 radical (unpaired) electrons. The summed E-state index contributed by atoms with van der Waals surface area (Å²) in [6.45, 7) is 1.58. The Morgan fingerprint density at radius 3 is 2.64 bits per heavy atom. The zero-order chi connectivity index (χ0) is 23.0. The molecule has 1 aliphatic rings. The summed E-state index contributed by atoms with van der Waals surface area (Å²) in [5, 5.41) is 6.77. The van der Waals surface area contributed by atoms with Gasteiger partial charge < -0.3 is 19.5 Å². The number of ether oxygens (including phenoxy) is 1. The number of hydrogen-bond donors (Lipinski definition) is 1. The van der Waals surface area contributed by atoms with Gasteiger partial charge in [0, 0.05) is 44.3 Å². The Hall–Kier alpha value is -3.52. The second-order valence-electron chi connectivity index (χ2n) is 7.98. The first-order chi connectivity index (χ1) is 16.1. The van der Waals surface area contributed by atoms with E-state index >= 15 is 0 Å². The van der Waals surface area contributed by atoms with Crippen molar-refractivity contribution in [2.45, 2.75) is 31.9 Å². The number of halogens is 1. The minimum atomic E-state index is -0.323. The number of benzene rings is 2. The summed E-state index contributed by atoms with van der Waals surface area (Å²) in [7, 11) is 0. The number of nitrogens with one attached hydrogen (secondary N) is 1. The quantitative estimate of drug-likeness (QED) is 0.535. The summed E-state index contributed by atoms with van der Waals surface area (Å²) in [5.41, 5.74) is 1.82. The minimum absolute atomic E-state index is 0.0586. The average Bonchev–Trinajstić information content (AvgIpc) is 3.54. The Bertz CT molecular complexity index is 1060. The van der Waals surface area contributed by atoms with Gasteiger partial charge in [-0.1, -0.05) is 47.6 Å². The zero-order valence-electron chi connectivity index (χ0n) is 18.2. The Morgan fingerprint density at radius 1 is 1.12 bits per heavy atom. The predicted octanol–water partition coefficient (Wildman–Crippen LogP) is 3.81. The SMILES string of the molecule is O=C(CCN(C[C@@H]1CCCO1)C(=O)c1cc(-c2ccccc2)on1)NCc1ccc(F)cc1. The maximum Gasteiger partial charge on any atom is 0.276 e. The van der Waals surface area contributed by atoms with Crippen LogP contribution in [-0.4, -0.2) is 47.7 Å². The van der Waals surface area contributed by atoms with Gasteiger partial charge in [-0.15, -0.1) is 0 Å². The van der Waals surface area contributed by atoms with E-state index in [-0.39, 0.29) is 42.4 Å². The van der Waals surface area contributed by atoms with E-state index in [2.05, 4.69) is 10.5 Å². The van der Waals surface area contributed by atoms with Crippen molar-refractivity contribution in [2.24, 2.45) is 0 Å². The van der Waals surface area contributed by atoms with Crippen LogP contribution in [0.4, 0.5) is 4.39 Å². The lowest BCUT2D eigenvalue weighted by atomic mass is 10.1. The molecule has 1 aliphatic heterocycles. The van der Waals surface area contributed by atoms with Crippen LogP contribution in [0.5, 0.6) is 0 Å². The van der Waals surface area contributed by atoms with Crippen LogP contribution in [0.15, 0.2) is 65.2 Å². The van der Waals surface area contributed by atoms with Crippen LogP contribution in [0.25, 0.3) is 11.3 Å². The second kappa shape index (κ2) is 10.9. The fourth-order valence-electron chi connectivity index (χ4n) is 3.71. The standard InChI is InChI=1S/C25H26FN3O4/c26-20-10-8-18(9-11-20)16-27-24(30)12-13-29(17-21-7-4-14-32-21)25(31)22-15-23(33-28-22)19-5-2-1-3-6-19/h1-3,5-6,8-11,15,21H,4,7,12-14,16-17H2,(H,27,30)/t21-/m0/s1. The fourth-order valence-corrected chi connectivity index (χ4v) is 3.71. The molecule has 1 N–H and O–H groups in total. The molecular formula is C25H26FN3O4. The first-order valence-electron chi connectivity index (χ1n) is 11.0. The van der Waals surface area contributed by atoms with E-state index in [0.717, 1.165) is 24.0 Å². The van der Waals surface area contributed by atoms with Crippen LogP contribution >= 0.6 is 0 Å². The molecule has 1 saturated heterocycles. The molecule has 2 heterocycles. The van der Waals surface area contributed by atoms with E-state index in [0.29, 0.717) is 25.5 Å². The number of aromatic nitrogens is 1. The van der Waals surface area contributed by atoms with E-state index in [1.165, 1.54) is 12.1 Å². The Labute approximate surface area is 191 Å². The highest BCUT2D eigenvalue weighted by Gasteiger charge is 2.26. The first-order valence-corrected chi connectivity index (χ1v) is 11.0. The highest BCUT2D eigenvalue weighted by molar-refractivity contribution is 5.93. The lowest BCUT2D eigenvalue weighted by Gasteiger charge is -2.24. The van der Waals surface area contributed by atoms with E-state index in [4.69, 9.17) is 9.26 Å². The largest absolute Gasteiger partial charge is 0.376 e. The van der Waals surface area contributed by atoms with Crippen LogP contribution in [-0.2, 0) is 16.1 Å². The molecule has 1 fully saturated rings. The molecule has 1 aromatic heterocycles. The summed E-state index contributed by atoms with van der Waals surface area (Å²) >= 11 is 0. The maximum atomic E-state index is 13.2. The van der Waals surface area contributed by atoms with Crippen molar-refractivity contribution in [3.8, 4) is 11.3 Å². The molecule has 0 bridgehead atoms. The van der Waals surface area contributed by atoms with E-state index in [1.807, 2.05) is 30.3 Å². The molecule has 1 atom stereocenters. The molecule has 7 nitrogen and oxygen atoms in total. The maximum absolute atomic E-state index is 13.2. The van der Waals surface area contributed by atoms with Gasteiger partial charge in [-0.25, -0.2) is 4.39 Å². The molecule has 0 unspecified atom stereocenters. The van der Waals surface area contributed by atoms with Gasteiger partial charge in [0.1, 0.15) is 5.82 Å². The van der Waals surface area contributed by atoms with Crippen molar-refractivity contribution in [1.82, 2.24) is 15.4 Å². The molecule has 33 heavy (non-hydrogen) atoms. The highest BCUT2D eigenvalue weighted by Crippen LogP contribution is 2.21. The molecular weight excluding hydrogens is 425 g/mol.